The Morgan fingerprint density at radius 1 is 1.26 bits per heavy atom. The van der Waals surface area contributed by atoms with Crippen LogP contribution in [0.15, 0.2) is 44.9 Å². The van der Waals surface area contributed by atoms with Crippen LogP contribution < -0.4 is 0 Å². The van der Waals surface area contributed by atoms with Crippen LogP contribution in [0, 0.1) is 0 Å². The quantitative estimate of drug-likeness (QED) is 0.564. The third kappa shape index (κ3) is 4.00. The molecule has 0 spiro atoms. The Morgan fingerprint density at radius 3 is 2.68 bits per heavy atom. The van der Waals surface area contributed by atoms with Crippen molar-refractivity contribution in [3.63, 3.8) is 0 Å². The van der Waals surface area contributed by atoms with Crippen LogP contribution in [0.25, 0.3) is 0 Å². The second kappa shape index (κ2) is 7.36. The molecule has 0 aliphatic heterocycles. The molecule has 102 valence electrons. The Bertz CT molecular complexity index is 484. The molecule has 0 nitrogen and oxygen atoms in total. The van der Waals surface area contributed by atoms with Gasteiger partial charge >= 0.3 is 124 Å². The van der Waals surface area contributed by atoms with Crippen LogP contribution in [0.5, 0.6) is 0 Å². The Hall–Kier alpha value is -0.456. The van der Waals surface area contributed by atoms with Gasteiger partial charge in [-0.25, -0.2) is 0 Å². The van der Waals surface area contributed by atoms with Gasteiger partial charge in [0.05, 0.1) is 0 Å². The molecule has 0 N–H and O–H groups in total. The van der Waals surface area contributed by atoms with Crippen molar-refractivity contribution in [2.75, 3.05) is 0 Å². The third-order valence-corrected chi connectivity index (χ3v) is 8.84. The van der Waals surface area contributed by atoms with Crippen molar-refractivity contribution in [3.05, 3.63) is 44.9 Å². The molecule has 2 rings (SSSR count). The summed E-state index contributed by atoms with van der Waals surface area (Å²) >= 11 is -1.16. The van der Waals surface area contributed by atoms with E-state index in [1.165, 1.54) is 36.8 Å². The molecule has 0 heterocycles. The monoisotopic (exact) mass is 290 g/mol. The molecular weight excluding hydrogens is 264 g/mol. The van der Waals surface area contributed by atoms with E-state index in [0.29, 0.717) is 0 Å². The van der Waals surface area contributed by atoms with Gasteiger partial charge in [0.25, 0.3) is 0 Å². The molecule has 0 saturated carbocycles. The fraction of sp³-hybridized carbons (Fsp3) is 0.500. The van der Waals surface area contributed by atoms with Gasteiger partial charge in [-0.1, -0.05) is 0 Å². The molecule has 0 aromatic heterocycles. The first-order valence-corrected chi connectivity index (χ1v) is 10.4. The average Bonchev–Trinajstić information content (AvgIpc) is 3.02. The second-order valence-corrected chi connectivity index (χ2v) is 9.56. The van der Waals surface area contributed by atoms with Crippen molar-refractivity contribution in [3.8, 4) is 0 Å². The predicted molar refractivity (Wildman–Crippen MR) is 83.3 cm³/mol. The fourth-order valence-corrected chi connectivity index (χ4v) is 7.90. The molecule has 0 unspecified atom stereocenters. The first kappa shape index (κ1) is 14.9. The van der Waals surface area contributed by atoms with Gasteiger partial charge in [-0.15, -0.1) is 0 Å². The fourth-order valence-electron chi connectivity index (χ4n) is 2.99. The molecule has 1 heteroatoms. The van der Waals surface area contributed by atoms with E-state index in [9.17, 15) is 0 Å². The summed E-state index contributed by atoms with van der Waals surface area (Å²) in [7, 11) is 0. The maximum atomic E-state index is 2.73. The summed E-state index contributed by atoms with van der Waals surface area (Å²) in [6, 6.07) is 0. The SMILES string of the molecule is CCC[CH]=[Ti]([CH2]CC1=CC=CC1)[C]1=C(C)CC=C1C. The Kier molecular flexibility index (Phi) is 5.79. The third-order valence-electron chi connectivity index (χ3n) is 4.10. The molecule has 0 amide bonds. The van der Waals surface area contributed by atoms with Crippen LogP contribution in [0.2, 0.25) is 4.73 Å². The van der Waals surface area contributed by atoms with Crippen molar-refractivity contribution in [1.82, 2.24) is 0 Å². The second-order valence-electron chi connectivity index (χ2n) is 5.72. The predicted octanol–water partition coefficient (Wildman–Crippen LogP) is 5.53. The van der Waals surface area contributed by atoms with Crippen LogP contribution in [0.1, 0.15) is 52.9 Å². The van der Waals surface area contributed by atoms with Gasteiger partial charge in [0.15, 0.2) is 0 Å². The van der Waals surface area contributed by atoms with Gasteiger partial charge in [0.2, 0.25) is 0 Å². The topological polar surface area (TPSA) is 0 Å². The molecule has 2 aliphatic carbocycles. The Morgan fingerprint density at radius 2 is 2.11 bits per heavy atom. The van der Waals surface area contributed by atoms with E-state index < -0.39 is 17.4 Å². The molecular formula is C18H26Ti. The summed E-state index contributed by atoms with van der Waals surface area (Å²) in [4.78, 5) is 0. The van der Waals surface area contributed by atoms with E-state index in [2.05, 4.69) is 49.4 Å². The number of hydrogen-bond donors (Lipinski definition) is 0. The minimum atomic E-state index is -1.16. The molecule has 0 bridgehead atoms. The van der Waals surface area contributed by atoms with Crippen molar-refractivity contribution in [2.45, 2.75) is 57.6 Å². The minimum absolute atomic E-state index is 1.16. The molecule has 0 aromatic carbocycles. The summed E-state index contributed by atoms with van der Waals surface area (Å²) in [5.74, 6) is 0. The molecule has 0 saturated heterocycles. The number of hydrogen-bond acceptors (Lipinski definition) is 0. The van der Waals surface area contributed by atoms with Crippen molar-refractivity contribution in [1.29, 1.82) is 0 Å². The number of allylic oxidation sites excluding steroid dienone is 8. The normalized spacial score (nSPS) is 19.2. The zero-order valence-corrected chi connectivity index (χ0v) is 14.2. The van der Waals surface area contributed by atoms with Gasteiger partial charge in [0.1, 0.15) is 0 Å². The summed E-state index contributed by atoms with van der Waals surface area (Å²) in [6.45, 7) is 6.98. The van der Waals surface area contributed by atoms with Crippen LogP contribution in [-0.2, 0) is 17.4 Å². The molecule has 2 aliphatic rings. The van der Waals surface area contributed by atoms with Gasteiger partial charge in [-0.3, -0.25) is 0 Å². The van der Waals surface area contributed by atoms with Crippen molar-refractivity contribution in [2.24, 2.45) is 0 Å². The summed E-state index contributed by atoms with van der Waals surface area (Å²) in [6.07, 6.45) is 15.6. The zero-order chi connectivity index (χ0) is 13.7. The molecule has 0 fully saturated rings. The Labute approximate surface area is 124 Å². The van der Waals surface area contributed by atoms with E-state index in [-0.39, 0.29) is 0 Å². The van der Waals surface area contributed by atoms with Crippen molar-refractivity contribution >= 4 is 4.31 Å². The van der Waals surface area contributed by atoms with E-state index in [1.54, 1.807) is 20.6 Å². The van der Waals surface area contributed by atoms with Gasteiger partial charge in [-0.05, 0) is 0 Å². The zero-order valence-electron chi connectivity index (χ0n) is 12.6. The number of rotatable bonds is 6. The first-order valence-electron chi connectivity index (χ1n) is 7.63. The van der Waals surface area contributed by atoms with E-state index >= 15 is 0 Å². The molecule has 0 atom stereocenters. The Balaban J connectivity index is 2.08. The summed E-state index contributed by atoms with van der Waals surface area (Å²) < 4.78 is 5.98. The average molecular weight is 290 g/mol. The molecule has 19 heavy (non-hydrogen) atoms. The molecule has 0 aromatic rings. The summed E-state index contributed by atoms with van der Waals surface area (Å²) in [5.41, 5.74) is 4.91. The van der Waals surface area contributed by atoms with Gasteiger partial charge in [-0.2, -0.15) is 0 Å². The van der Waals surface area contributed by atoms with Gasteiger partial charge < -0.3 is 0 Å². The van der Waals surface area contributed by atoms with Crippen LogP contribution in [0.4, 0.5) is 0 Å². The standard InChI is InChI=1S/2C7H9.C4H8.Ti/c1-6-3-4-7(2)5-6;1-2-7-5-3-4-6-7;1-3-4-2;/h3H,4H2,1-2H3;3-5H,1-2,6H2;1H,3-4H2,2H3;. The number of unbranched alkanes of at least 4 members (excludes halogenated alkanes) is 1. The summed E-state index contributed by atoms with van der Waals surface area (Å²) in [5, 5.41) is 0. The molecule has 0 radical (unpaired) electrons. The van der Waals surface area contributed by atoms with E-state index in [1.807, 2.05) is 0 Å². The van der Waals surface area contributed by atoms with Gasteiger partial charge in [0, 0.05) is 0 Å². The van der Waals surface area contributed by atoms with Crippen molar-refractivity contribution < 1.29 is 17.4 Å². The van der Waals surface area contributed by atoms with E-state index in [0.717, 1.165) is 0 Å². The van der Waals surface area contributed by atoms with Crippen LogP contribution in [0.3, 0.4) is 0 Å². The van der Waals surface area contributed by atoms with Crippen LogP contribution in [-0.4, -0.2) is 4.31 Å². The van der Waals surface area contributed by atoms with Crippen LogP contribution >= 0.6 is 0 Å². The van der Waals surface area contributed by atoms with E-state index in [4.69, 9.17) is 0 Å². The maximum absolute atomic E-state index is 2.73. The first-order chi connectivity index (χ1) is 9.22.